The highest BCUT2D eigenvalue weighted by Gasteiger charge is 2.43. The number of hydrogen-bond donors (Lipinski definition) is 1. The summed E-state index contributed by atoms with van der Waals surface area (Å²) < 4.78 is 41.8. The number of halogens is 1. The predicted molar refractivity (Wildman–Crippen MR) is 176 cm³/mol. The number of benzene rings is 3. The van der Waals surface area contributed by atoms with Crippen molar-refractivity contribution >= 4 is 27.5 Å². The molecule has 0 unspecified atom stereocenters. The smallest absolute Gasteiger partial charge is 0.243 e. The summed E-state index contributed by atoms with van der Waals surface area (Å²) in [5.41, 5.74) is 2.09. The number of carbonyl (C=O) groups excluding carboxylic acids is 1. The van der Waals surface area contributed by atoms with Gasteiger partial charge in [0.15, 0.2) is 0 Å². The van der Waals surface area contributed by atoms with Crippen molar-refractivity contribution in [1.29, 1.82) is 0 Å². The Balaban J connectivity index is 1.15. The van der Waals surface area contributed by atoms with Gasteiger partial charge in [-0.2, -0.15) is 4.31 Å². The molecule has 2 heterocycles. The van der Waals surface area contributed by atoms with Gasteiger partial charge in [-0.3, -0.25) is 4.79 Å². The van der Waals surface area contributed by atoms with E-state index in [9.17, 15) is 13.2 Å². The van der Waals surface area contributed by atoms with Gasteiger partial charge in [-0.1, -0.05) is 55.1 Å². The van der Waals surface area contributed by atoms with Gasteiger partial charge in [-0.05, 0) is 84.8 Å². The highest BCUT2D eigenvalue weighted by atomic mass is 35.5. The number of amides is 1. The van der Waals surface area contributed by atoms with E-state index in [0.717, 1.165) is 11.1 Å². The maximum Gasteiger partial charge on any atom is 0.243 e. The molecule has 3 fully saturated rings. The summed E-state index contributed by atoms with van der Waals surface area (Å²) in [7, 11) is -3.93. The highest BCUT2D eigenvalue weighted by molar-refractivity contribution is 7.89. The zero-order chi connectivity index (χ0) is 31.2. The third-order valence-corrected chi connectivity index (χ3v) is 11.4. The van der Waals surface area contributed by atoms with Gasteiger partial charge in [0.2, 0.25) is 15.9 Å². The van der Waals surface area contributed by atoms with Gasteiger partial charge in [0.25, 0.3) is 0 Å². The summed E-state index contributed by atoms with van der Waals surface area (Å²) in [5, 5.41) is 3.96. The molecule has 0 spiro atoms. The quantitative estimate of drug-likeness (QED) is 0.306. The lowest BCUT2D eigenvalue weighted by Crippen LogP contribution is -2.58. The number of sulfonamides is 1. The van der Waals surface area contributed by atoms with Gasteiger partial charge in [0, 0.05) is 44.2 Å². The van der Waals surface area contributed by atoms with Crippen molar-refractivity contribution in [2.45, 2.75) is 62.0 Å². The van der Waals surface area contributed by atoms with E-state index in [1.54, 1.807) is 29.2 Å². The minimum atomic E-state index is -3.93. The second kappa shape index (κ2) is 14.5. The minimum absolute atomic E-state index is 0.168. The van der Waals surface area contributed by atoms with Crippen LogP contribution in [0.1, 0.15) is 44.9 Å². The van der Waals surface area contributed by atoms with E-state index in [2.05, 4.69) is 5.32 Å². The molecule has 6 rings (SSSR count). The van der Waals surface area contributed by atoms with Crippen LogP contribution in [0.4, 0.5) is 0 Å². The number of ether oxygens (including phenoxy) is 2. The van der Waals surface area contributed by atoms with Crippen LogP contribution < -0.4 is 14.8 Å². The topological polar surface area (TPSA) is 88.2 Å². The van der Waals surface area contributed by atoms with E-state index in [0.29, 0.717) is 61.6 Å². The van der Waals surface area contributed by atoms with Crippen LogP contribution in [0.2, 0.25) is 5.02 Å². The van der Waals surface area contributed by atoms with Crippen molar-refractivity contribution in [1.82, 2.24) is 14.5 Å². The first-order valence-corrected chi connectivity index (χ1v) is 18.0. The molecule has 3 aromatic carbocycles. The minimum Gasteiger partial charge on any atom is -0.493 e. The third-order valence-electron chi connectivity index (χ3n) is 9.19. The van der Waals surface area contributed by atoms with Crippen LogP contribution in [0.3, 0.4) is 0 Å². The fourth-order valence-electron chi connectivity index (χ4n) is 6.60. The van der Waals surface area contributed by atoms with Crippen molar-refractivity contribution in [3.63, 3.8) is 0 Å². The molecule has 1 saturated carbocycles. The average molecular weight is 652 g/mol. The monoisotopic (exact) mass is 651 g/mol. The van der Waals surface area contributed by atoms with Gasteiger partial charge < -0.3 is 19.7 Å². The Morgan fingerprint density at radius 1 is 0.800 bits per heavy atom. The van der Waals surface area contributed by atoms with Crippen LogP contribution in [0.25, 0.3) is 11.1 Å². The Labute approximate surface area is 271 Å². The summed E-state index contributed by atoms with van der Waals surface area (Å²) in [6.07, 6.45) is 6.62. The standard InChI is InChI=1S/C35H42ClN3O5S/c36-29-10-6-27(7-11-29)28-8-12-31(13-9-28)44-32-18-21-39(34(24-32)35(40)38-22-19-37-20-23-38)45(41,42)33-16-14-30(15-17-33)43-25-26-4-2-1-3-5-26/h6-17,26,32,34,37H,1-5,18-25H2/t32-,34+/m0/s1. The first-order valence-electron chi connectivity index (χ1n) is 16.1. The molecule has 2 atom stereocenters. The molecule has 1 amide bonds. The molecule has 45 heavy (non-hydrogen) atoms. The average Bonchev–Trinajstić information content (AvgIpc) is 3.09. The van der Waals surface area contributed by atoms with Crippen LogP contribution in [-0.4, -0.2) is 75.0 Å². The van der Waals surface area contributed by atoms with Crippen molar-refractivity contribution < 1.29 is 22.7 Å². The van der Waals surface area contributed by atoms with Crippen molar-refractivity contribution in [3.05, 3.63) is 77.8 Å². The van der Waals surface area contributed by atoms with Gasteiger partial charge in [-0.15, -0.1) is 0 Å². The zero-order valence-corrected chi connectivity index (χ0v) is 27.1. The molecule has 10 heteroatoms. The van der Waals surface area contributed by atoms with Gasteiger partial charge in [-0.25, -0.2) is 8.42 Å². The van der Waals surface area contributed by atoms with Crippen LogP contribution in [0, 0.1) is 5.92 Å². The van der Waals surface area contributed by atoms with E-state index in [-0.39, 0.29) is 29.9 Å². The molecule has 1 aliphatic carbocycles. The van der Waals surface area contributed by atoms with Crippen LogP contribution >= 0.6 is 11.6 Å². The van der Waals surface area contributed by atoms with Crippen molar-refractivity contribution in [2.75, 3.05) is 39.3 Å². The maximum atomic E-state index is 14.0. The first kappa shape index (κ1) is 31.9. The first-order chi connectivity index (χ1) is 21.9. The normalized spacial score (nSPS) is 21.8. The maximum absolute atomic E-state index is 14.0. The Morgan fingerprint density at radius 2 is 1.42 bits per heavy atom. The molecule has 2 aliphatic heterocycles. The van der Waals surface area contributed by atoms with E-state index < -0.39 is 16.1 Å². The largest absolute Gasteiger partial charge is 0.493 e. The summed E-state index contributed by atoms with van der Waals surface area (Å²) in [5.74, 6) is 1.75. The number of piperidine rings is 1. The summed E-state index contributed by atoms with van der Waals surface area (Å²) in [4.78, 5) is 15.8. The van der Waals surface area contributed by atoms with E-state index in [1.807, 2.05) is 48.5 Å². The number of nitrogens with one attached hydrogen (secondary N) is 1. The van der Waals surface area contributed by atoms with Crippen molar-refractivity contribution in [3.8, 4) is 22.6 Å². The molecule has 3 aliphatic rings. The lowest BCUT2D eigenvalue weighted by molar-refractivity contribution is -0.138. The zero-order valence-electron chi connectivity index (χ0n) is 25.6. The fourth-order valence-corrected chi connectivity index (χ4v) is 8.33. The van der Waals surface area contributed by atoms with Crippen LogP contribution in [-0.2, 0) is 14.8 Å². The Morgan fingerprint density at radius 3 is 2.09 bits per heavy atom. The Kier molecular flexibility index (Phi) is 10.3. The SMILES string of the molecule is O=C([C@H]1C[C@@H](Oc2ccc(-c3ccc(Cl)cc3)cc2)CCN1S(=O)(=O)c1ccc(OCC2CCCCC2)cc1)N1CCNCC1. The van der Waals surface area contributed by atoms with E-state index in [4.69, 9.17) is 21.1 Å². The van der Waals surface area contributed by atoms with E-state index >= 15 is 0 Å². The molecule has 0 bridgehead atoms. The molecule has 240 valence electrons. The van der Waals surface area contributed by atoms with Crippen LogP contribution in [0.15, 0.2) is 77.7 Å². The van der Waals surface area contributed by atoms with Crippen molar-refractivity contribution in [2.24, 2.45) is 5.92 Å². The Bertz CT molecular complexity index is 1520. The predicted octanol–water partition coefficient (Wildman–Crippen LogP) is 6.00. The summed E-state index contributed by atoms with van der Waals surface area (Å²) in [6.45, 7) is 3.33. The molecule has 2 saturated heterocycles. The summed E-state index contributed by atoms with van der Waals surface area (Å²) >= 11 is 6.04. The second-order valence-electron chi connectivity index (χ2n) is 12.3. The highest BCUT2D eigenvalue weighted by Crippen LogP contribution is 2.32. The lowest BCUT2D eigenvalue weighted by Gasteiger charge is -2.40. The van der Waals surface area contributed by atoms with E-state index in [1.165, 1.54) is 36.4 Å². The second-order valence-corrected chi connectivity index (χ2v) is 14.6. The van der Waals surface area contributed by atoms with Crippen LogP contribution in [0.5, 0.6) is 11.5 Å². The fraction of sp³-hybridized carbons (Fsp3) is 0.457. The molecular formula is C35H42ClN3O5S. The third kappa shape index (κ3) is 7.83. The molecular weight excluding hydrogens is 610 g/mol. The number of rotatable bonds is 9. The number of carbonyl (C=O) groups is 1. The Hall–Kier alpha value is -3.11. The molecule has 8 nitrogen and oxygen atoms in total. The molecule has 0 aromatic heterocycles. The molecule has 3 aromatic rings. The number of nitrogens with zero attached hydrogens (tertiary/aromatic N) is 2. The lowest BCUT2D eigenvalue weighted by atomic mass is 9.90. The number of hydrogen-bond acceptors (Lipinski definition) is 6. The molecule has 1 N–H and O–H groups in total. The number of piperazine rings is 1. The van der Waals surface area contributed by atoms with Gasteiger partial charge in [0.1, 0.15) is 23.6 Å². The molecule has 0 radical (unpaired) electrons. The van der Waals surface area contributed by atoms with Gasteiger partial charge >= 0.3 is 0 Å². The summed E-state index contributed by atoms with van der Waals surface area (Å²) in [6, 6.07) is 21.3. The van der Waals surface area contributed by atoms with Gasteiger partial charge in [0.05, 0.1) is 11.5 Å².